The molecule has 0 amide bonds. The summed E-state index contributed by atoms with van der Waals surface area (Å²) in [6, 6.07) is 6.77. The zero-order valence-corrected chi connectivity index (χ0v) is 6.98. The molecule has 1 radical (unpaired) electrons. The largest absolute Gasteiger partial charge is 0.573 e. The van der Waals surface area contributed by atoms with E-state index in [0.29, 0.717) is 12.0 Å². The van der Waals surface area contributed by atoms with Crippen LogP contribution in [0.5, 0.6) is 5.75 Å². The second-order valence-corrected chi connectivity index (χ2v) is 2.45. The highest BCUT2D eigenvalue weighted by Crippen LogP contribution is 2.23. The van der Waals surface area contributed by atoms with Crippen molar-refractivity contribution in [3.05, 3.63) is 29.8 Å². The lowest BCUT2D eigenvalue weighted by Crippen LogP contribution is -2.17. The third-order valence-electron chi connectivity index (χ3n) is 1.45. The highest BCUT2D eigenvalue weighted by atomic mass is 19.4. The molecule has 0 aliphatic rings. The molecular formula is C9H8F3O. The van der Waals surface area contributed by atoms with Crippen molar-refractivity contribution in [2.24, 2.45) is 0 Å². The van der Waals surface area contributed by atoms with Gasteiger partial charge in [0.1, 0.15) is 5.75 Å². The van der Waals surface area contributed by atoms with Gasteiger partial charge < -0.3 is 4.74 Å². The van der Waals surface area contributed by atoms with Crippen molar-refractivity contribution < 1.29 is 17.9 Å². The Morgan fingerprint density at radius 3 is 2.69 bits per heavy atom. The summed E-state index contributed by atoms with van der Waals surface area (Å²) >= 11 is 0. The van der Waals surface area contributed by atoms with Crippen LogP contribution in [0.25, 0.3) is 0 Å². The topological polar surface area (TPSA) is 9.23 Å². The summed E-state index contributed by atoms with van der Waals surface area (Å²) in [5.74, 6) is -0.192. The van der Waals surface area contributed by atoms with Gasteiger partial charge in [0.2, 0.25) is 0 Å². The van der Waals surface area contributed by atoms with E-state index in [1.165, 1.54) is 18.2 Å². The van der Waals surface area contributed by atoms with E-state index < -0.39 is 6.36 Å². The van der Waals surface area contributed by atoms with E-state index in [-0.39, 0.29) is 5.75 Å². The lowest BCUT2D eigenvalue weighted by Gasteiger charge is -2.08. The van der Waals surface area contributed by atoms with Crippen LogP contribution in [0.2, 0.25) is 0 Å². The molecule has 0 unspecified atom stereocenters. The molecular weight excluding hydrogens is 181 g/mol. The van der Waals surface area contributed by atoms with Gasteiger partial charge in [-0.2, -0.15) is 0 Å². The van der Waals surface area contributed by atoms with Crippen molar-refractivity contribution in [1.82, 2.24) is 0 Å². The van der Waals surface area contributed by atoms with Crippen molar-refractivity contribution in [2.75, 3.05) is 0 Å². The van der Waals surface area contributed by atoms with Crippen LogP contribution in [0.15, 0.2) is 18.2 Å². The van der Waals surface area contributed by atoms with Crippen LogP contribution in [-0.4, -0.2) is 6.36 Å². The van der Waals surface area contributed by atoms with Gasteiger partial charge in [0, 0.05) is 0 Å². The summed E-state index contributed by atoms with van der Waals surface area (Å²) in [4.78, 5) is 0. The van der Waals surface area contributed by atoms with Crippen LogP contribution >= 0.6 is 0 Å². The molecule has 1 aromatic rings. The second-order valence-electron chi connectivity index (χ2n) is 2.45. The number of hydrogen-bond donors (Lipinski definition) is 0. The Balaban J connectivity index is 2.78. The van der Waals surface area contributed by atoms with Gasteiger partial charge >= 0.3 is 6.36 Å². The zero-order chi connectivity index (χ0) is 9.90. The number of halogens is 3. The van der Waals surface area contributed by atoms with Crippen LogP contribution in [-0.2, 0) is 6.42 Å². The van der Waals surface area contributed by atoms with E-state index in [0.717, 1.165) is 0 Å². The van der Waals surface area contributed by atoms with Gasteiger partial charge in [-0.15, -0.1) is 13.2 Å². The van der Waals surface area contributed by atoms with Crippen LogP contribution in [0, 0.1) is 6.07 Å². The van der Waals surface area contributed by atoms with Gasteiger partial charge in [-0.3, -0.25) is 0 Å². The summed E-state index contributed by atoms with van der Waals surface area (Å²) in [6.45, 7) is 1.84. The maximum Gasteiger partial charge on any atom is 0.573 e. The lowest BCUT2D eigenvalue weighted by molar-refractivity contribution is -0.274. The number of rotatable bonds is 2. The van der Waals surface area contributed by atoms with E-state index in [1.807, 2.05) is 6.92 Å². The molecule has 0 fully saturated rings. The fourth-order valence-electron chi connectivity index (χ4n) is 0.894. The third kappa shape index (κ3) is 3.36. The molecule has 0 spiro atoms. The smallest absolute Gasteiger partial charge is 0.406 e. The fourth-order valence-corrected chi connectivity index (χ4v) is 0.894. The number of hydrogen-bond acceptors (Lipinski definition) is 1. The molecule has 1 nitrogen and oxygen atoms in total. The van der Waals surface area contributed by atoms with Gasteiger partial charge in [-0.05, 0) is 30.2 Å². The maximum atomic E-state index is 11.7. The van der Waals surface area contributed by atoms with Gasteiger partial charge in [0.15, 0.2) is 0 Å². The number of aryl methyl sites for hydroxylation is 1. The predicted octanol–water partition coefficient (Wildman–Crippen LogP) is 2.95. The van der Waals surface area contributed by atoms with Crippen molar-refractivity contribution in [3.8, 4) is 5.75 Å². The van der Waals surface area contributed by atoms with Gasteiger partial charge in [0.05, 0.1) is 0 Å². The first-order chi connectivity index (χ1) is 6.01. The molecule has 0 aliphatic heterocycles. The minimum atomic E-state index is -4.62. The first-order valence-electron chi connectivity index (χ1n) is 3.77. The Hall–Kier alpha value is -1.19. The van der Waals surface area contributed by atoms with Gasteiger partial charge in [-0.1, -0.05) is 13.0 Å². The average molecular weight is 189 g/mol. The van der Waals surface area contributed by atoms with E-state index in [4.69, 9.17) is 0 Å². The van der Waals surface area contributed by atoms with Crippen molar-refractivity contribution >= 4 is 0 Å². The van der Waals surface area contributed by atoms with Crippen molar-refractivity contribution in [3.63, 3.8) is 0 Å². The summed E-state index contributed by atoms with van der Waals surface area (Å²) in [5, 5.41) is 0. The molecule has 0 N–H and O–H groups in total. The monoisotopic (exact) mass is 189 g/mol. The molecule has 0 heterocycles. The minimum Gasteiger partial charge on any atom is -0.406 e. The van der Waals surface area contributed by atoms with Crippen LogP contribution < -0.4 is 4.74 Å². The molecule has 1 rings (SSSR count). The number of benzene rings is 1. The third-order valence-corrected chi connectivity index (χ3v) is 1.45. The molecule has 0 atom stereocenters. The van der Waals surface area contributed by atoms with Gasteiger partial charge in [-0.25, -0.2) is 0 Å². The lowest BCUT2D eigenvalue weighted by atomic mass is 10.2. The molecule has 71 valence electrons. The normalized spacial score (nSPS) is 11.4. The van der Waals surface area contributed by atoms with Gasteiger partial charge in [0.25, 0.3) is 0 Å². The Morgan fingerprint density at radius 2 is 2.15 bits per heavy atom. The summed E-state index contributed by atoms with van der Waals surface area (Å²) in [5.41, 5.74) is 0.696. The van der Waals surface area contributed by atoms with E-state index >= 15 is 0 Å². The Bertz CT molecular complexity index is 280. The number of ether oxygens (including phenoxy) is 1. The highest BCUT2D eigenvalue weighted by Gasteiger charge is 2.30. The Labute approximate surface area is 74.1 Å². The standard InChI is InChI=1S/C9H8F3O/c1-2-7-4-3-5-8(6-7)13-9(10,11)12/h3,5-6H,2H2,1H3. The predicted molar refractivity (Wildman–Crippen MR) is 41.3 cm³/mol. The maximum absolute atomic E-state index is 11.7. The zero-order valence-electron chi connectivity index (χ0n) is 6.98. The van der Waals surface area contributed by atoms with Crippen LogP contribution in [0.4, 0.5) is 13.2 Å². The van der Waals surface area contributed by atoms with E-state index in [9.17, 15) is 13.2 Å². The summed E-state index contributed by atoms with van der Waals surface area (Å²) in [7, 11) is 0. The van der Waals surface area contributed by atoms with Crippen molar-refractivity contribution in [1.29, 1.82) is 0 Å². The number of alkyl halides is 3. The summed E-state index contributed by atoms with van der Waals surface area (Å²) in [6.07, 6.45) is -3.98. The summed E-state index contributed by atoms with van der Waals surface area (Å²) < 4.78 is 39.0. The average Bonchev–Trinajstić information content (AvgIpc) is 2.01. The molecule has 0 bridgehead atoms. The molecule has 0 aromatic heterocycles. The first-order valence-corrected chi connectivity index (χ1v) is 3.77. The molecule has 4 heteroatoms. The van der Waals surface area contributed by atoms with Crippen LogP contribution in [0.1, 0.15) is 12.5 Å². The Morgan fingerprint density at radius 1 is 1.46 bits per heavy atom. The van der Waals surface area contributed by atoms with Crippen LogP contribution in [0.3, 0.4) is 0 Å². The fraction of sp³-hybridized carbons (Fsp3) is 0.333. The molecule has 0 saturated carbocycles. The van der Waals surface area contributed by atoms with Crippen molar-refractivity contribution in [2.45, 2.75) is 19.7 Å². The minimum absolute atomic E-state index is 0.192. The van der Waals surface area contributed by atoms with E-state index in [2.05, 4.69) is 10.8 Å². The van der Waals surface area contributed by atoms with E-state index in [1.54, 1.807) is 0 Å². The molecule has 0 aliphatic carbocycles. The SMILES string of the molecule is CCc1[c]ccc(OC(F)(F)F)c1. The highest BCUT2D eigenvalue weighted by molar-refractivity contribution is 5.27. The molecule has 13 heavy (non-hydrogen) atoms. The second kappa shape index (κ2) is 3.68. The molecule has 0 saturated heterocycles. The Kier molecular flexibility index (Phi) is 2.80. The molecule has 1 aromatic carbocycles. The first kappa shape index (κ1) is 9.89. The quantitative estimate of drug-likeness (QED) is 0.694.